The van der Waals surface area contributed by atoms with E-state index in [9.17, 15) is 5.11 Å². The number of aliphatic imine (C=N–C) groups is 1. The zero-order valence-corrected chi connectivity index (χ0v) is 16.5. The average molecular weight is 457 g/mol. The number of guanidine groups is 1. The van der Waals surface area contributed by atoms with Gasteiger partial charge in [0.1, 0.15) is 12.2 Å². The Morgan fingerprint density at radius 2 is 2.24 bits per heavy atom. The van der Waals surface area contributed by atoms with Gasteiger partial charge < -0.3 is 15.7 Å². The second kappa shape index (κ2) is 9.66. The smallest absolute Gasteiger partial charge is 0.191 e. The van der Waals surface area contributed by atoms with Gasteiger partial charge in [-0.15, -0.1) is 24.0 Å². The Kier molecular flexibility index (Phi) is 7.56. The zero-order chi connectivity index (χ0) is 16.8. The third kappa shape index (κ3) is 5.36. The molecule has 1 aliphatic rings. The first-order chi connectivity index (χ1) is 11.8. The maximum atomic E-state index is 10.2. The molecule has 0 aliphatic carbocycles. The average Bonchev–Trinajstić information content (AvgIpc) is 3.08. The van der Waals surface area contributed by atoms with Crippen molar-refractivity contribution in [2.75, 3.05) is 13.1 Å². The van der Waals surface area contributed by atoms with Gasteiger partial charge in [0.15, 0.2) is 5.96 Å². The normalized spacial score (nSPS) is 18.0. The molecule has 0 bridgehead atoms. The van der Waals surface area contributed by atoms with E-state index >= 15 is 0 Å². The molecule has 3 heterocycles. The molecule has 8 nitrogen and oxygen atoms in total. The summed E-state index contributed by atoms with van der Waals surface area (Å²) in [6.07, 6.45) is 6.18. The van der Waals surface area contributed by atoms with Crippen molar-refractivity contribution in [3.8, 4) is 0 Å². The van der Waals surface area contributed by atoms with Crippen LogP contribution in [0.2, 0.25) is 0 Å². The Morgan fingerprint density at radius 3 is 3.00 bits per heavy atom. The summed E-state index contributed by atoms with van der Waals surface area (Å²) in [7, 11) is 0. The molecule has 2 aromatic heterocycles. The lowest BCUT2D eigenvalue weighted by Crippen LogP contribution is -2.47. The van der Waals surface area contributed by atoms with E-state index in [0.29, 0.717) is 12.5 Å². The van der Waals surface area contributed by atoms with E-state index in [4.69, 9.17) is 0 Å². The highest BCUT2D eigenvalue weighted by molar-refractivity contribution is 14.0. The van der Waals surface area contributed by atoms with Crippen LogP contribution in [0, 0.1) is 0 Å². The summed E-state index contributed by atoms with van der Waals surface area (Å²) in [4.78, 5) is 12.7. The second-order valence-corrected chi connectivity index (χ2v) is 5.75. The summed E-state index contributed by atoms with van der Waals surface area (Å²) < 4.78 is 1.93. The summed E-state index contributed by atoms with van der Waals surface area (Å²) >= 11 is 0. The molecule has 0 saturated carbocycles. The van der Waals surface area contributed by atoms with E-state index < -0.39 is 6.10 Å². The van der Waals surface area contributed by atoms with Crippen molar-refractivity contribution in [3.63, 3.8) is 0 Å². The van der Waals surface area contributed by atoms with Crippen LogP contribution in [-0.2, 0) is 13.0 Å². The van der Waals surface area contributed by atoms with Gasteiger partial charge in [-0.1, -0.05) is 0 Å². The van der Waals surface area contributed by atoms with Gasteiger partial charge in [0.25, 0.3) is 0 Å². The van der Waals surface area contributed by atoms with Crippen LogP contribution < -0.4 is 10.6 Å². The summed E-state index contributed by atoms with van der Waals surface area (Å²) in [5.74, 6) is 1.74. The highest BCUT2D eigenvalue weighted by Crippen LogP contribution is 2.12. The SMILES string of the molecule is CCNC(=NCC(O)c1ccncc1)NC1CCc2ncnn2C1.I. The van der Waals surface area contributed by atoms with Crippen LogP contribution in [0.25, 0.3) is 0 Å². The number of hydrogen-bond donors (Lipinski definition) is 3. The predicted octanol–water partition coefficient (Wildman–Crippen LogP) is 0.895. The second-order valence-electron chi connectivity index (χ2n) is 5.75. The molecule has 25 heavy (non-hydrogen) atoms. The lowest BCUT2D eigenvalue weighted by atomic mass is 10.1. The molecule has 3 N–H and O–H groups in total. The molecule has 0 fully saturated rings. The first kappa shape index (κ1) is 19.6. The van der Waals surface area contributed by atoms with Crippen molar-refractivity contribution in [2.24, 2.45) is 4.99 Å². The van der Waals surface area contributed by atoms with Crippen LogP contribution in [0.4, 0.5) is 0 Å². The van der Waals surface area contributed by atoms with Crippen molar-refractivity contribution in [1.29, 1.82) is 0 Å². The Morgan fingerprint density at radius 1 is 1.44 bits per heavy atom. The molecule has 0 radical (unpaired) electrons. The Hall–Kier alpha value is -1.75. The van der Waals surface area contributed by atoms with E-state index in [2.05, 4.69) is 30.7 Å². The standard InChI is InChI=1S/C16H23N7O.HI/c1-2-18-16(19-9-14(24)12-5-7-17-8-6-12)22-13-3-4-15-20-11-21-23(15)10-13;/h5-8,11,13-14,24H,2-4,9-10H2,1H3,(H2,18,19,22);1H. The van der Waals surface area contributed by atoms with Crippen LogP contribution in [0.1, 0.15) is 30.8 Å². The van der Waals surface area contributed by atoms with Gasteiger partial charge >= 0.3 is 0 Å². The van der Waals surface area contributed by atoms with E-state index in [1.54, 1.807) is 30.9 Å². The minimum Gasteiger partial charge on any atom is -0.386 e. The predicted molar refractivity (Wildman–Crippen MR) is 106 cm³/mol. The number of aromatic nitrogens is 4. The fourth-order valence-electron chi connectivity index (χ4n) is 2.74. The fourth-order valence-corrected chi connectivity index (χ4v) is 2.74. The minimum absolute atomic E-state index is 0. The van der Waals surface area contributed by atoms with Crippen molar-refractivity contribution >= 4 is 29.9 Å². The van der Waals surface area contributed by atoms with Crippen molar-refractivity contribution < 1.29 is 5.11 Å². The molecule has 1 aliphatic heterocycles. The van der Waals surface area contributed by atoms with Crippen LogP contribution in [-0.4, -0.2) is 49.9 Å². The number of aliphatic hydroxyl groups is 1. The van der Waals surface area contributed by atoms with Gasteiger partial charge in [0, 0.05) is 31.4 Å². The van der Waals surface area contributed by atoms with Crippen molar-refractivity contribution in [1.82, 2.24) is 30.4 Å². The first-order valence-corrected chi connectivity index (χ1v) is 8.25. The molecule has 0 saturated heterocycles. The summed E-state index contributed by atoms with van der Waals surface area (Å²) in [6, 6.07) is 3.84. The van der Waals surface area contributed by atoms with E-state index in [1.807, 2.05) is 11.6 Å². The first-order valence-electron chi connectivity index (χ1n) is 8.25. The van der Waals surface area contributed by atoms with Crippen molar-refractivity contribution in [3.05, 3.63) is 42.2 Å². The highest BCUT2D eigenvalue weighted by Gasteiger charge is 2.20. The molecule has 2 atom stereocenters. The number of nitrogens with zero attached hydrogens (tertiary/aromatic N) is 5. The number of aryl methyl sites for hydroxylation is 1. The van der Waals surface area contributed by atoms with E-state index in [1.165, 1.54) is 0 Å². The summed E-state index contributed by atoms with van der Waals surface area (Å²) in [6.45, 7) is 3.85. The van der Waals surface area contributed by atoms with Crippen LogP contribution >= 0.6 is 24.0 Å². The molecule has 0 spiro atoms. The molecule has 2 aromatic rings. The number of pyridine rings is 1. The number of aliphatic hydroxyl groups excluding tert-OH is 1. The summed E-state index contributed by atoms with van der Waals surface area (Å²) in [5, 5.41) is 21.1. The van der Waals surface area contributed by atoms with Gasteiger partial charge in [-0.05, 0) is 31.0 Å². The largest absolute Gasteiger partial charge is 0.386 e. The monoisotopic (exact) mass is 457 g/mol. The third-order valence-corrected chi connectivity index (χ3v) is 4.00. The molecular formula is C16H24IN7O. The number of halogens is 1. The van der Waals surface area contributed by atoms with Crippen molar-refractivity contribution in [2.45, 2.75) is 38.5 Å². The van der Waals surface area contributed by atoms with Crippen LogP contribution in [0.3, 0.4) is 0 Å². The Balaban J connectivity index is 0.00000225. The fraction of sp³-hybridized carbons (Fsp3) is 0.500. The molecule has 9 heteroatoms. The molecule has 2 unspecified atom stereocenters. The van der Waals surface area contributed by atoms with Crippen LogP contribution in [0.5, 0.6) is 0 Å². The molecule has 0 amide bonds. The van der Waals surface area contributed by atoms with Gasteiger partial charge in [-0.2, -0.15) is 5.10 Å². The maximum Gasteiger partial charge on any atom is 0.191 e. The number of fused-ring (bicyclic) bond motifs is 1. The maximum absolute atomic E-state index is 10.2. The third-order valence-electron chi connectivity index (χ3n) is 4.00. The molecular weight excluding hydrogens is 433 g/mol. The highest BCUT2D eigenvalue weighted by atomic mass is 127. The lowest BCUT2D eigenvalue weighted by Gasteiger charge is -2.25. The van der Waals surface area contributed by atoms with E-state index in [0.717, 1.165) is 37.3 Å². The summed E-state index contributed by atoms with van der Waals surface area (Å²) in [5.41, 5.74) is 0.814. The minimum atomic E-state index is -0.642. The van der Waals surface area contributed by atoms with Gasteiger partial charge in [-0.25, -0.2) is 9.67 Å². The van der Waals surface area contributed by atoms with E-state index in [-0.39, 0.29) is 30.0 Å². The topological polar surface area (TPSA) is 100 Å². The lowest BCUT2D eigenvalue weighted by molar-refractivity contribution is 0.187. The van der Waals surface area contributed by atoms with Gasteiger partial charge in [-0.3, -0.25) is 9.98 Å². The number of hydrogen-bond acceptors (Lipinski definition) is 5. The van der Waals surface area contributed by atoms with Crippen LogP contribution in [0.15, 0.2) is 35.8 Å². The zero-order valence-electron chi connectivity index (χ0n) is 14.2. The molecule has 0 aromatic carbocycles. The molecule has 136 valence electrons. The quantitative estimate of drug-likeness (QED) is 0.351. The number of rotatable bonds is 5. The molecule has 3 rings (SSSR count). The van der Waals surface area contributed by atoms with Gasteiger partial charge in [0.2, 0.25) is 0 Å². The Bertz CT molecular complexity index is 676. The number of nitrogens with one attached hydrogen (secondary N) is 2. The Labute approximate surface area is 164 Å². The van der Waals surface area contributed by atoms with Gasteiger partial charge in [0.05, 0.1) is 19.2 Å².